The van der Waals surface area contributed by atoms with Crippen molar-refractivity contribution in [3.8, 4) is 5.75 Å². The third kappa shape index (κ3) is 1.95. The van der Waals surface area contributed by atoms with Crippen LogP contribution in [0.2, 0.25) is 0 Å². The molecule has 1 heterocycles. The Morgan fingerprint density at radius 2 is 2.11 bits per heavy atom. The summed E-state index contributed by atoms with van der Waals surface area (Å²) in [6, 6.07) is 4.22. The number of anilines is 1. The molecule has 1 aromatic carbocycles. The van der Waals surface area contributed by atoms with Crippen LogP contribution in [0.4, 0.5) is 5.69 Å². The molecule has 0 aromatic heterocycles. The molecule has 2 aliphatic rings. The summed E-state index contributed by atoms with van der Waals surface area (Å²) in [5, 5.41) is 13.3. The van der Waals surface area contributed by atoms with Crippen molar-refractivity contribution in [1.82, 2.24) is 5.32 Å². The quantitative estimate of drug-likeness (QED) is 0.822. The molecule has 98 valence electrons. The van der Waals surface area contributed by atoms with E-state index < -0.39 is 0 Å². The van der Waals surface area contributed by atoms with Gasteiger partial charge in [0.2, 0.25) is 0 Å². The van der Waals surface area contributed by atoms with Gasteiger partial charge in [-0.1, -0.05) is 0 Å². The Hall–Kier alpha value is -1.26. The van der Waals surface area contributed by atoms with Gasteiger partial charge in [0.15, 0.2) is 0 Å². The van der Waals surface area contributed by atoms with E-state index in [2.05, 4.69) is 16.3 Å². The molecular weight excluding hydrogens is 228 g/mol. The molecule has 0 radical (unpaired) electrons. The number of nitrogens with one attached hydrogen (secondary N) is 1. The number of methoxy groups -OCH3 is 1. The van der Waals surface area contributed by atoms with Gasteiger partial charge in [0.1, 0.15) is 5.75 Å². The normalized spacial score (nSPS) is 23.0. The lowest BCUT2D eigenvalue weighted by molar-refractivity contribution is 0.179. The van der Waals surface area contributed by atoms with E-state index in [0.29, 0.717) is 0 Å². The van der Waals surface area contributed by atoms with Crippen molar-refractivity contribution < 1.29 is 9.84 Å². The summed E-state index contributed by atoms with van der Waals surface area (Å²) < 4.78 is 5.50. The molecule has 4 nitrogen and oxygen atoms in total. The van der Waals surface area contributed by atoms with Crippen LogP contribution >= 0.6 is 0 Å². The maximum absolute atomic E-state index is 9.92. The first-order chi connectivity index (χ1) is 8.79. The number of aliphatic hydroxyl groups is 1. The van der Waals surface area contributed by atoms with Crippen LogP contribution in [0.5, 0.6) is 5.75 Å². The fraction of sp³-hybridized carbons (Fsp3) is 0.571. The number of nitrogens with zero attached hydrogens (tertiary/aromatic N) is 1. The topological polar surface area (TPSA) is 44.7 Å². The van der Waals surface area contributed by atoms with Crippen LogP contribution in [0.15, 0.2) is 12.1 Å². The van der Waals surface area contributed by atoms with Gasteiger partial charge in [-0.25, -0.2) is 0 Å². The second-order valence-corrected chi connectivity index (χ2v) is 5.01. The van der Waals surface area contributed by atoms with Gasteiger partial charge in [-0.05, 0) is 36.1 Å². The van der Waals surface area contributed by atoms with Gasteiger partial charge >= 0.3 is 0 Å². The van der Waals surface area contributed by atoms with Gasteiger partial charge in [0, 0.05) is 26.2 Å². The van der Waals surface area contributed by atoms with Crippen LogP contribution in [0.1, 0.15) is 23.7 Å². The number of benzene rings is 1. The minimum Gasteiger partial charge on any atom is -0.495 e. The van der Waals surface area contributed by atoms with Gasteiger partial charge in [-0.15, -0.1) is 0 Å². The first-order valence-electron chi connectivity index (χ1n) is 6.64. The monoisotopic (exact) mass is 248 g/mol. The number of piperazine rings is 1. The van der Waals surface area contributed by atoms with E-state index >= 15 is 0 Å². The molecule has 1 saturated heterocycles. The lowest BCUT2D eigenvalue weighted by Gasteiger charge is -2.31. The van der Waals surface area contributed by atoms with Gasteiger partial charge in [0.25, 0.3) is 0 Å². The number of aryl methyl sites for hydroxylation is 1. The van der Waals surface area contributed by atoms with Crippen LogP contribution in [-0.2, 0) is 6.42 Å². The Labute approximate surface area is 108 Å². The van der Waals surface area contributed by atoms with E-state index in [-0.39, 0.29) is 6.10 Å². The Morgan fingerprint density at radius 3 is 2.83 bits per heavy atom. The Balaban J connectivity index is 1.98. The lowest BCUT2D eigenvalue weighted by atomic mass is 10.1. The van der Waals surface area contributed by atoms with Crippen molar-refractivity contribution in [2.45, 2.75) is 18.9 Å². The number of hydrogen-bond acceptors (Lipinski definition) is 4. The van der Waals surface area contributed by atoms with Crippen molar-refractivity contribution in [2.24, 2.45) is 0 Å². The fourth-order valence-electron chi connectivity index (χ4n) is 2.92. The second-order valence-electron chi connectivity index (χ2n) is 5.01. The molecule has 3 rings (SSSR count). The highest BCUT2D eigenvalue weighted by atomic mass is 16.5. The first kappa shape index (κ1) is 11.8. The molecule has 1 fully saturated rings. The fourth-order valence-corrected chi connectivity index (χ4v) is 2.92. The summed E-state index contributed by atoms with van der Waals surface area (Å²) in [6.07, 6.45) is 1.49. The second kappa shape index (κ2) is 4.78. The van der Waals surface area contributed by atoms with E-state index in [1.54, 1.807) is 7.11 Å². The van der Waals surface area contributed by atoms with E-state index in [4.69, 9.17) is 4.74 Å². The van der Waals surface area contributed by atoms with E-state index in [1.807, 2.05) is 6.07 Å². The molecular formula is C14H20N2O2. The maximum Gasteiger partial charge on any atom is 0.142 e. The molecule has 0 bridgehead atoms. The highest BCUT2D eigenvalue weighted by Gasteiger charge is 2.24. The van der Waals surface area contributed by atoms with Crippen molar-refractivity contribution in [1.29, 1.82) is 0 Å². The molecule has 1 atom stereocenters. The van der Waals surface area contributed by atoms with Crippen molar-refractivity contribution in [3.63, 3.8) is 0 Å². The minimum atomic E-state index is -0.314. The van der Waals surface area contributed by atoms with Crippen LogP contribution in [0.3, 0.4) is 0 Å². The zero-order chi connectivity index (χ0) is 12.5. The van der Waals surface area contributed by atoms with Crippen LogP contribution in [-0.4, -0.2) is 38.4 Å². The largest absolute Gasteiger partial charge is 0.495 e. The third-order valence-corrected chi connectivity index (χ3v) is 3.94. The first-order valence-corrected chi connectivity index (χ1v) is 6.64. The standard InChI is InChI=1S/C14H20N2O2/c1-18-14-9-11-10(2-3-13(11)17)8-12(14)16-6-4-15-5-7-16/h8-9,13,15,17H,2-7H2,1H3. The Bertz CT molecular complexity index is 442. The van der Waals surface area contributed by atoms with Crippen molar-refractivity contribution in [3.05, 3.63) is 23.3 Å². The molecule has 4 heteroatoms. The third-order valence-electron chi connectivity index (χ3n) is 3.94. The Morgan fingerprint density at radius 1 is 1.33 bits per heavy atom. The van der Waals surface area contributed by atoms with E-state index in [1.165, 1.54) is 11.3 Å². The SMILES string of the molecule is COc1cc2c(cc1N1CCNCC1)CCC2O. The molecule has 18 heavy (non-hydrogen) atoms. The molecule has 0 amide bonds. The summed E-state index contributed by atoms with van der Waals surface area (Å²) in [7, 11) is 1.70. The molecule has 2 N–H and O–H groups in total. The van der Waals surface area contributed by atoms with E-state index in [9.17, 15) is 5.11 Å². The van der Waals surface area contributed by atoms with Gasteiger partial charge in [-0.3, -0.25) is 0 Å². The molecule has 1 unspecified atom stereocenters. The molecule has 1 aromatic rings. The van der Waals surface area contributed by atoms with Gasteiger partial charge in [-0.2, -0.15) is 0 Å². The average molecular weight is 248 g/mol. The number of hydrogen-bond donors (Lipinski definition) is 2. The van der Waals surface area contributed by atoms with Gasteiger partial charge < -0.3 is 20.1 Å². The van der Waals surface area contributed by atoms with Crippen LogP contribution < -0.4 is 15.0 Å². The van der Waals surface area contributed by atoms with Crippen LogP contribution in [0.25, 0.3) is 0 Å². The van der Waals surface area contributed by atoms with Crippen molar-refractivity contribution >= 4 is 5.69 Å². The van der Waals surface area contributed by atoms with Crippen molar-refractivity contribution in [2.75, 3.05) is 38.2 Å². The molecule has 0 spiro atoms. The number of aliphatic hydroxyl groups excluding tert-OH is 1. The zero-order valence-corrected chi connectivity index (χ0v) is 10.8. The van der Waals surface area contributed by atoms with E-state index in [0.717, 1.165) is 50.3 Å². The Kier molecular flexibility index (Phi) is 3.14. The summed E-state index contributed by atoms with van der Waals surface area (Å²) in [4.78, 5) is 2.36. The average Bonchev–Trinajstić information content (AvgIpc) is 2.79. The number of rotatable bonds is 2. The predicted molar refractivity (Wildman–Crippen MR) is 71.4 cm³/mol. The molecule has 1 aliphatic heterocycles. The molecule has 1 aliphatic carbocycles. The highest BCUT2D eigenvalue weighted by molar-refractivity contribution is 5.63. The summed E-state index contributed by atoms with van der Waals surface area (Å²) in [5.74, 6) is 0.886. The predicted octanol–water partition coefficient (Wildman–Crippen LogP) is 1.08. The summed E-state index contributed by atoms with van der Waals surface area (Å²) >= 11 is 0. The maximum atomic E-state index is 9.92. The summed E-state index contributed by atoms with van der Waals surface area (Å²) in [6.45, 7) is 4.06. The smallest absolute Gasteiger partial charge is 0.142 e. The zero-order valence-electron chi connectivity index (χ0n) is 10.8. The highest BCUT2D eigenvalue weighted by Crippen LogP contribution is 2.39. The van der Waals surface area contributed by atoms with Gasteiger partial charge in [0.05, 0.1) is 18.9 Å². The lowest BCUT2D eigenvalue weighted by Crippen LogP contribution is -2.43. The number of ether oxygens (including phenoxy) is 1. The molecule has 0 saturated carbocycles. The van der Waals surface area contributed by atoms with Crippen LogP contribution in [0, 0.1) is 0 Å². The number of fused-ring (bicyclic) bond motifs is 1. The summed E-state index contributed by atoms with van der Waals surface area (Å²) in [5.41, 5.74) is 3.49. The minimum absolute atomic E-state index is 0.314.